The lowest BCUT2D eigenvalue weighted by Crippen LogP contribution is -2.21. The van der Waals surface area contributed by atoms with E-state index in [1.807, 2.05) is 19.1 Å². The molecule has 2 aromatic heterocycles. The highest BCUT2D eigenvalue weighted by Gasteiger charge is 2.38. The first kappa shape index (κ1) is 20.8. The van der Waals surface area contributed by atoms with E-state index < -0.39 is 12.1 Å². The van der Waals surface area contributed by atoms with Crippen LogP contribution in [0, 0.1) is 6.92 Å². The summed E-state index contributed by atoms with van der Waals surface area (Å²) in [5.41, 5.74) is 3.41. The number of aliphatic carboxylic acids is 1. The van der Waals surface area contributed by atoms with Gasteiger partial charge in [0.25, 0.3) is 0 Å². The normalized spacial score (nSPS) is 11.5. The van der Waals surface area contributed by atoms with Crippen molar-refractivity contribution in [2.45, 2.75) is 26.1 Å². The number of thiazole rings is 1. The second-order valence-electron chi connectivity index (χ2n) is 5.87. The Hall–Kier alpha value is -2.46. The molecule has 0 atom stereocenters. The van der Waals surface area contributed by atoms with Crippen molar-refractivity contribution in [1.29, 1.82) is 0 Å². The summed E-state index contributed by atoms with van der Waals surface area (Å²) >= 11 is 1.71. The number of carbonyl (C=O) groups is 1. The average molecular weight is 400 g/mol. The second-order valence-corrected chi connectivity index (χ2v) is 6.93. The van der Waals surface area contributed by atoms with Crippen molar-refractivity contribution in [3.05, 3.63) is 46.0 Å². The number of fused-ring (bicyclic) bond motifs is 1. The Balaban J connectivity index is 0.000000321. The Morgan fingerprint density at radius 3 is 2.59 bits per heavy atom. The molecular formula is C17H19F3N4O2S. The number of hydrogen-bond donors (Lipinski definition) is 2. The molecule has 3 rings (SSSR count). The van der Waals surface area contributed by atoms with E-state index in [2.05, 4.69) is 44.6 Å². The molecule has 146 valence electrons. The summed E-state index contributed by atoms with van der Waals surface area (Å²) in [5.74, 6) is -2.76. The number of aryl methyl sites for hydroxylation is 1. The Morgan fingerprint density at radius 1 is 1.33 bits per heavy atom. The largest absolute Gasteiger partial charge is 0.490 e. The number of para-hydroxylation sites is 1. The molecule has 0 spiro atoms. The summed E-state index contributed by atoms with van der Waals surface area (Å²) in [6, 6.07) is 8.24. The van der Waals surface area contributed by atoms with Gasteiger partial charge in [-0.25, -0.2) is 9.78 Å². The van der Waals surface area contributed by atoms with Crippen LogP contribution < -0.4 is 0 Å². The van der Waals surface area contributed by atoms with Gasteiger partial charge in [-0.3, -0.25) is 5.10 Å². The molecule has 2 heterocycles. The molecule has 0 fully saturated rings. The van der Waals surface area contributed by atoms with Gasteiger partial charge in [0.15, 0.2) is 0 Å². The fraction of sp³-hybridized carbons (Fsp3) is 0.353. The van der Waals surface area contributed by atoms with Crippen molar-refractivity contribution in [3.8, 4) is 0 Å². The molecule has 0 saturated carbocycles. The zero-order chi connectivity index (χ0) is 20.0. The van der Waals surface area contributed by atoms with E-state index in [1.54, 1.807) is 11.3 Å². The van der Waals surface area contributed by atoms with Crippen LogP contribution in [-0.2, 0) is 17.8 Å². The van der Waals surface area contributed by atoms with Crippen LogP contribution in [0.1, 0.15) is 16.4 Å². The summed E-state index contributed by atoms with van der Waals surface area (Å²) in [6.07, 6.45) is -4.11. The second kappa shape index (κ2) is 8.96. The third kappa shape index (κ3) is 6.33. The number of H-pyrrole nitrogens is 1. The molecule has 0 amide bonds. The van der Waals surface area contributed by atoms with Gasteiger partial charge in [-0.15, -0.1) is 11.3 Å². The summed E-state index contributed by atoms with van der Waals surface area (Å²) < 4.78 is 31.7. The minimum Gasteiger partial charge on any atom is -0.475 e. The zero-order valence-corrected chi connectivity index (χ0v) is 15.6. The predicted molar refractivity (Wildman–Crippen MR) is 96.7 cm³/mol. The highest BCUT2D eigenvalue weighted by Crippen LogP contribution is 2.16. The number of likely N-dealkylation sites (N-methyl/N-ethyl adjacent to an activating group) is 1. The van der Waals surface area contributed by atoms with E-state index in [-0.39, 0.29) is 0 Å². The number of nitrogens with one attached hydrogen (secondary N) is 1. The van der Waals surface area contributed by atoms with Gasteiger partial charge in [-0.2, -0.15) is 18.3 Å². The van der Waals surface area contributed by atoms with Crippen molar-refractivity contribution in [2.24, 2.45) is 0 Å². The highest BCUT2D eigenvalue weighted by molar-refractivity contribution is 7.09. The van der Waals surface area contributed by atoms with Crippen molar-refractivity contribution < 1.29 is 23.1 Å². The van der Waals surface area contributed by atoms with Gasteiger partial charge >= 0.3 is 12.1 Å². The molecule has 0 radical (unpaired) electrons. The summed E-state index contributed by atoms with van der Waals surface area (Å²) in [7, 11) is 2.13. The lowest BCUT2D eigenvalue weighted by Gasteiger charge is -2.14. The van der Waals surface area contributed by atoms with Crippen molar-refractivity contribution in [3.63, 3.8) is 0 Å². The number of rotatable bonds is 5. The van der Waals surface area contributed by atoms with E-state index in [1.165, 1.54) is 11.1 Å². The van der Waals surface area contributed by atoms with Crippen molar-refractivity contribution in [2.75, 3.05) is 13.6 Å². The summed E-state index contributed by atoms with van der Waals surface area (Å²) in [5, 5.41) is 19.1. The minimum absolute atomic E-state index is 0.899. The topological polar surface area (TPSA) is 82.1 Å². The molecule has 1 aromatic carbocycles. The number of halogens is 3. The van der Waals surface area contributed by atoms with Gasteiger partial charge in [0, 0.05) is 36.0 Å². The Bertz CT molecular complexity index is 892. The fourth-order valence-electron chi connectivity index (χ4n) is 2.34. The van der Waals surface area contributed by atoms with E-state index in [0.29, 0.717) is 0 Å². The molecule has 0 bridgehead atoms. The zero-order valence-electron chi connectivity index (χ0n) is 14.7. The summed E-state index contributed by atoms with van der Waals surface area (Å²) in [6.45, 7) is 3.93. The Kier molecular flexibility index (Phi) is 6.92. The number of hydrogen-bond acceptors (Lipinski definition) is 5. The molecule has 2 N–H and O–H groups in total. The van der Waals surface area contributed by atoms with Gasteiger partial charge < -0.3 is 10.0 Å². The van der Waals surface area contributed by atoms with Crippen LogP contribution >= 0.6 is 11.3 Å². The number of aromatic nitrogens is 3. The van der Waals surface area contributed by atoms with E-state index in [0.717, 1.165) is 35.7 Å². The first-order valence-electron chi connectivity index (χ1n) is 7.98. The van der Waals surface area contributed by atoms with Gasteiger partial charge in [0.1, 0.15) is 0 Å². The van der Waals surface area contributed by atoms with E-state index in [9.17, 15) is 13.2 Å². The lowest BCUT2D eigenvalue weighted by atomic mass is 10.1. The van der Waals surface area contributed by atoms with Gasteiger partial charge in [0.2, 0.25) is 0 Å². The van der Waals surface area contributed by atoms with Crippen molar-refractivity contribution in [1.82, 2.24) is 20.1 Å². The molecule has 0 aliphatic heterocycles. The minimum atomic E-state index is -5.08. The van der Waals surface area contributed by atoms with E-state index >= 15 is 0 Å². The quantitative estimate of drug-likeness (QED) is 0.683. The smallest absolute Gasteiger partial charge is 0.475 e. The first-order chi connectivity index (χ1) is 12.7. The van der Waals surface area contributed by atoms with Gasteiger partial charge in [-0.05, 0) is 20.0 Å². The third-order valence-electron chi connectivity index (χ3n) is 3.62. The molecule has 3 aromatic rings. The Labute approximate surface area is 157 Å². The molecule has 10 heteroatoms. The van der Waals surface area contributed by atoms with Crippen LogP contribution in [0.2, 0.25) is 0 Å². The molecule has 27 heavy (non-hydrogen) atoms. The molecule has 0 aliphatic rings. The van der Waals surface area contributed by atoms with Gasteiger partial charge in [0.05, 0.1) is 16.2 Å². The summed E-state index contributed by atoms with van der Waals surface area (Å²) in [4.78, 5) is 15.7. The maximum atomic E-state index is 10.6. The van der Waals surface area contributed by atoms with Crippen LogP contribution in [0.25, 0.3) is 10.9 Å². The maximum Gasteiger partial charge on any atom is 0.490 e. The predicted octanol–water partition coefficient (Wildman–Crippen LogP) is 3.64. The highest BCUT2D eigenvalue weighted by atomic mass is 32.1. The van der Waals surface area contributed by atoms with Crippen molar-refractivity contribution >= 4 is 28.2 Å². The maximum absolute atomic E-state index is 10.6. The van der Waals surface area contributed by atoms with Crippen LogP contribution in [0.4, 0.5) is 13.2 Å². The number of aromatic amines is 1. The number of carboxylic acid groups (broad SMARTS) is 1. The average Bonchev–Trinajstić information content (AvgIpc) is 3.19. The third-order valence-corrected chi connectivity index (χ3v) is 4.45. The molecule has 6 nitrogen and oxygen atoms in total. The monoisotopic (exact) mass is 400 g/mol. The van der Waals surface area contributed by atoms with Crippen LogP contribution in [0.3, 0.4) is 0 Å². The number of benzene rings is 1. The molecular weight excluding hydrogens is 381 g/mol. The number of carboxylic acids is 1. The molecule has 0 aliphatic carbocycles. The SMILES string of the molecule is Cc1nc(CN(C)CCc2[nH]nc3ccccc23)cs1.O=C(O)C(F)(F)F. The Morgan fingerprint density at radius 2 is 2.00 bits per heavy atom. The van der Waals surface area contributed by atoms with Gasteiger partial charge in [-0.1, -0.05) is 18.2 Å². The first-order valence-corrected chi connectivity index (χ1v) is 8.86. The van der Waals surface area contributed by atoms with Crippen LogP contribution in [-0.4, -0.2) is 50.9 Å². The fourth-order valence-corrected chi connectivity index (χ4v) is 2.95. The number of alkyl halides is 3. The van der Waals surface area contributed by atoms with E-state index in [4.69, 9.17) is 9.90 Å². The van der Waals surface area contributed by atoms with Crippen LogP contribution in [0.15, 0.2) is 29.6 Å². The number of nitrogens with zero attached hydrogens (tertiary/aromatic N) is 3. The molecule has 0 saturated heterocycles. The van der Waals surface area contributed by atoms with Crippen LogP contribution in [0.5, 0.6) is 0 Å². The standard InChI is InChI=1S/C15H18N4S.C2HF3O2/c1-11-16-12(10-20-11)9-19(2)8-7-15-13-5-3-4-6-14(13)17-18-15;3-2(4,5)1(6)7/h3-6,10H,7-9H2,1-2H3,(H,17,18);(H,6,7). The lowest BCUT2D eigenvalue weighted by molar-refractivity contribution is -0.192. The molecule has 0 unspecified atom stereocenters.